The van der Waals surface area contributed by atoms with Crippen molar-refractivity contribution in [3.05, 3.63) is 23.8 Å². The minimum absolute atomic E-state index is 0.0295. The average molecular weight is 305 g/mol. The second kappa shape index (κ2) is 5.61. The Kier molecular flexibility index (Phi) is 3.78. The third kappa shape index (κ3) is 2.43. The maximum absolute atomic E-state index is 12.7. The number of hydrogen-bond donors (Lipinski definition) is 0. The van der Waals surface area contributed by atoms with Crippen molar-refractivity contribution in [2.75, 3.05) is 32.3 Å². The largest absolute Gasteiger partial charge is 0.475 e. The summed E-state index contributed by atoms with van der Waals surface area (Å²) in [4.78, 5) is 26.1. The van der Waals surface area contributed by atoms with E-state index < -0.39 is 11.6 Å². The molecule has 1 fully saturated rings. The number of benzene rings is 1. The van der Waals surface area contributed by atoms with E-state index in [9.17, 15) is 9.59 Å². The third-order valence-corrected chi connectivity index (χ3v) is 4.05. The number of carbonyl (C=O) groups excluding carboxylic acids is 2. The third-order valence-electron chi connectivity index (χ3n) is 4.05. The van der Waals surface area contributed by atoms with E-state index in [4.69, 9.17) is 14.2 Å². The summed E-state index contributed by atoms with van der Waals surface area (Å²) in [5.74, 6) is 0.180. The summed E-state index contributed by atoms with van der Waals surface area (Å²) in [6, 6.07) is 5.04. The molecule has 1 saturated carbocycles. The van der Waals surface area contributed by atoms with E-state index in [2.05, 4.69) is 0 Å². The summed E-state index contributed by atoms with van der Waals surface area (Å²) >= 11 is 0. The lowest BCUT2D eigenvalue weighted by molar-refractivity contribution is -0.128. The Hall–Kier alpha value is -2.08. The lowest BCUT2D eigenvalue weighted by atomic mass is 10.1. The molecule has 3 rings (SSSR count). The van der Waals surface area contributed by atoms with Crippen LogP contribution in [0.3, 0.4) is 0 Å². The van der Waals surface area contributed by atoms with E-state index in [0.29, 0.717) is 30.2 Å². The van der Waals surface area contributed by atoms with Crippen molar-refractivity contribution in [3.63, 3.8) is 0 Å². The number of nitrogens with zero attached hydrogens (tertiary/aromatic N) is 1. The monoisotopic (exact) mass is 305 g/mol. The van der Waals surface area contributed by atoms with Gasteiger partial charge in [0, 0.05) is 33.1 Å². The van der Waals surface area contributed by atoms with Crippen LogP contribution in [0.15, 0.2) is 18.2 Å². The summed E-state index contributed by atoms with van der Waals surface area (Å²) in [5.41, 5.74) is 0.343. The van der Waals surface area contributed by atoms with Crippen molar-refractivity contribution < 1.29 is 23.8 Å². The standard InChI is InChI=1S/C16H19NO5/c1-20-9-3-8-17-12-10-11(14(18)21-2)4-5-13(12)22-16(6-7-16)15(17)19/h4-5,10H,3,6-9H2,1-2H3. The van der Waals surface area contributed by atoms with E-state index in [1.54, 1.807) is 30.2 Å². The van der Waals surface area contributed by atoms with Gasteiger partial charge < -0.3 is 19.1 Å². The van der Waals surface area contributed by atoms with Crippen LogP contribution < -0.4 is 9.64 Å². The van der Waals surface area contributed by atoms with E-state index >= 15 is 0 Å². The highest BCUT2D eigenvalue weighted by Crippen LogP contribution is 2.49. The molecule has 2 aliphatic rings. The molecule has 22 heavy (non-hydrogen) atoms. The summed E-state index contributed by atoms with van der Waals surface area (Å²) in [6.07, 6.45) is 2.20. The fourth-order valence-electron chi connectivity index (χ4n) is 2.69. The van der Waals surface area contributed by atoms with Crippen LogP contribution in [-0.2, 0) is 14.3 Å². The molecule has 1 aromatic rings. The number of esters is 1. The van der Waals surface area contributed by atoms with Crippen LogP contribution in [0.25, 0.3) is 0 Å². The van der Waals surface area contributed by atoms with Crippen molar-refractivity contribution in [2.45, 2.75) is 24.9 Å². The molecule has 1 aliphatic heterocycles. The molecule has 1 spiro atoms. The molecule has 6 nitrogen and oxygen atoms in total. The number of hydrogen-bond acceptors (Lipinski definition) is 5. The van der Waals surface area contributed by atoms with E-state index in [0.717, 1.165) is 19.3 Å². The molecule has 118 valence electrons. The molecule has 1 amide bonds. The van der Waals surface area contributed by atoms with Gasteiger partial charge in [0.2, 0.25) is 0 Å². The molecular weight excluding hydrogens is 286 g/mol. The Bertz CT molecular complexity index is 609. The SMILES string of the molecule is COCCCN1C(=O)C2(CC2)Oc2ccc(C(=O)OC)cc21. The molecular formula is C16H19NO5. The van der Waals surface area contributed by atoms with Crippen LogP contribution in [-0.4, -0.2) is 44.8 Å². The summed E-state index contributed by atoms with van der Waals surface area (Å²) in [7, 11) is 2.96. The van der Waals surface area contributed by atoms with E-state index in [1.165, 1.54) is 7.11 Å². The highest BCUT2D eigenvalue weighted by Gasteiger charge is 2.57. The van der Waals surface area contributed by atoms with Crippen molar-refractivity contribution in [1.82, 2.24) is 0 Å². The van der Waals surface area contributed by atoms with Crippen LogP contribution in [0.1, 0.15) is 29.6 Å². The predicted molar refractivity (Wildman–Crippen MR) is 79.2 cm³/mol. The topological polar surface area (TPSA) is 65.1 Å². The lowest BCUT2D eigenvalue weighted by Crippen LogP contribution is -2.48. The van der Waals surface area contributed by atoms with Gasteiger partial charge >= 0.3 is 5.97 Å². The first-order valence-corrected chi connectivity index (χ1v) is 7.33. The highest BCUT2D eigenvalue weighted by atomic mass is 16.5. The first-order valence-electron chi connectivity index (χ1n) is 7.33. The average Bonchev–Trinajstić information content (AvgIpc) is 3.30. The van der Waals surface area contributed by atoms with Crippen LogP contribution in [0.4, 0.5) is 5.69 Å². The van der Waals surface area contributed by atoms with E-state index in [-0.39, 0.29) is 5.91 Å². The van der Waals surface area contributed by atoms with Gasteiger partial charge in [-0.25, -0.2) is 4.79 Å². The Labute approximate surface area is 128 Å². The summed E-state index contributed by atoms with van der Waals surface area (Å²) in [5, 5.41) is 0. The van der Waals surface area contributed by atoms with Gasteiger partial charge in [0.25, 0.3) is 5.91 Å². The molecule has 0 N–H and O–H groups in total. The van der Waals surface area contributed by atoms with Crippen molar-refractivity contribution in [2.24, 2.45) is 0 Å². The summed E-state index contributed by atoms with van der Waals surface area (Å²) < 4.78 is 15.7. The number of amides is 1. The second-order valence-electron chi connectivity index (χ2n) is 5.57. The van der Waals surface area contributed by atoms with Crippen molar-refractivity contribution in [3.8, 4) is 5.75 Å². The molecule has 1 aromatic carbocycles. The molecule has 0 unspecified atom stereocenters. The summed E-state index contributed by atoms with van der Waals surface area (Å²) in [6.45, 7) is 1.11. The fraction of sp³-hybridized carbons (Fsp3) is 0.500. The zero-order chi connectivity index (χ0) is 15.7. The van der Waals surface area contributed by atoms with Gasteiger partial charge in [-0.3, -0.25) is 4.79 Å². The molecule has 6 heteroatoms. The predicted octanol–water partition coefficient (Wildman–Crippen LogP) is 1.77. The van der Waals surface area contributed by atoms with E-state index in [1.807, 2.05) is 0 Å². The molecule has 0 aromatic heterocycles. The van der Waals surface area contributed by atoms with Crippen molar-refractivity contribution >= 4 is 17.6 Å². The van der Waals surface area contributed by atoms with Gasteiger partial charge in [0.05, 0.1) is 18.4 Å². The highest BCUT2D eigenvalue weighted by molar-refractivity contribution is 6.05. The number of carbonyl (C=O) groups is 2. The maximum atomic E-state index is 12.7. The Morgan fingerprint density at radius 3 is 2.77 bits per heavy atom. The lowest BCUT2D eigenvalue weighted by Gasteiger charge is -2.35. The quantitative estimate of drug-likeness (QED) is 0.613. The minimum atomic E-state index is -0.688. The normalized spacial score (nSPS) is 17.9. The maximum Gasteiger partial charge on any atom is 0.337 e. The number of anilines is 1. The molecule has 0 saturated heterocycles. The van der Waals surface area contributed by atoms with Gasteiger partial charge in [-0.1, -0.05) is 0 Å². The number of rotatable bonds is 5. The first-order chi connectivity index (χ1) is 10.6. The number of fused-ring (bicyclic) bond motifs is 1. The van der Waals surface area contributed by atoms with Crippen LogP contribution >= 0.6 is 0 Å². The Morgan fingerprint density at radius 2 is 2.14 bits per heavy atom. The fourth-order valence-corrected chi connectivity index (χ4v) is 2.69. The molecule has 1 heterocycles. The van der Waals surface area contributed by atoms with Gasteiger partial charge in [-0.05, 0) is 24.6 Å². The minimum Gasteiger partial charge on any atom is -0.475 e. The number of methoxy groups -OCH3 is 2. The first kappa shape index (κ1) is 14.8. The second-order valence-corrected chi connectivity index (χ2v) is 5.57. The molecule has 1 aliphatic carbocycles. The van der Waals surface area contributed by atoms with Crippen molar-refractivity contribution in [1.29, 1.82) is 0 Å². The number of ether oxygens (including phenoxy) is 3. The van der Waals surface area contributed by atoms with Crippen LogP contribution in [0.5, 0.6) is 5.75 Å². The van der Waals surface area contributed by atoms with Gasteiger partial charge in [0.15, 0.2) is 5.60 Å². The van der Waals surface area contributed by atoms with Gasteiger partial charge in [-0.2, -0.15) is 0 Å². The Balaban J connectivity index is 1.94. The zero-order valence-electron chi connectivity index (χ0n) is 12.8. The Morgan fingerprint density at radius 1 is 1.36 bits per heavy atom. The van der Waals surface area contributed by atoms with Gasteiger partial charge in [0.1, 0.15) is 5.75 Å². The molecule has 0 radical (unpaired) electrons. The van der Waals surface area contributed by atoms with Gasteiger partial charge in [-0.15, -0.1) is 0 Å². The smallest absolute Gasteiger partial charge is 0.337 e. The molecule has 0 atom stereocenters. The zero-order valence-corrected chi connectivity index (χ0v) is 12.8. The molecule has 0 bridgehead atoms. The van der Waals surface area contributed by atoms with Crippen LogP contribution in [0.2, 0.25) is 0 Å². The van der Waals surface area contributed by atoms with Crippen LogP contribution in [0, 0.1) is 0 Å².